The van der Waals surface area contributed by atoms with E-state index in [4.69, 9.17) is 9.47 Å². The summed E-state index contributed by atoms with van der Waals surface area (Å²) in [7, 11) is 1.37. The van der Waals surface area contributed by atoms with Crippen molar-refractivity contribution in [2.45, 2.75) is 65.4 Å². The lowest BCUT2D eigenvalue weighted by Crippen LogP contribution is -2.31. The zero-order valence-electron chi connectivity index (χ0n) is 17.3. The fraction of sp³-hybridized carbons (Fsp3) is 0.636. The van der Waals surface area contributed by atoms with Gasteiger partial charge in [-0.05, 0) is 49.8 Å². The number of carbonyl (C=O) groups excluding carboxylic acids is 2. The smallest absolute Gasteiger partial charge is 0.409 e. The van der Waals surface area contributed by atoms with Crippen LogP contribution in [-0.4, -0.2) is 43.6 Å². The minimum atomic E-state index is -0.617. The lowest BCUT2D eigenvalue weighted by molar-refractivity contribution is -0.115. The van der Waals surface area contributed by atoms with Crippen LogP contribution >= 0.6 is 0 Å². The lowest BCUT2D eigenvalue weighted by atomic mass is 9.77. The van der Waals surface area contributed by atoms with Crippen LogP contribution in [0.15, 0.2) is 18.2 Å². The number of hydrogen-bond acceptors (Lipinski definition) is 4. The van der Waals surface area contributed by atoms with Crippen LogP contribution < -0.4 is 4.74 Å². The topological polar surface area (TPSA) is 55.8 Å². The number of benzene rings is 1. The molecule has 2 atom stereocenters. The van der Waals surface area contributed by atoms with Crippen molar-refractivity contribution in [3.8, 4) is 5.75 Å². The van der Waals surface area contributed by atoms with Crippen LogP contribution in [0.3, 0.4) is 0 Å². The highest BCUT2D eigenvalue weighted by molar-refractivity contribution is 5.72. The standard InChI is InChI=1S/C20H27NO4.C2H6/c1-14-8-9-15(10-18(14)25-16-6-4-5-7-16)17-11-21(19(23)24-3)12-20(17,2)13-22;1-2/h8-10,13,16-17H,4-7,11-12H2,1-3H3;1-2H3/t17?,20-;/m0./s1. The van der Waals surface area contributed by atoms with Crippen LogP contribution in [0.2, 0.25) is 0 Å². The van der Waals surface area contributed by atoms with Crippen LogP contribution in [-0.2, 0) is 9.53 Å². The van der Waals surface area contributed by atoms with Gasteiger partial charge in [-0.3, -0.25) is 0 Å². The Balaban J connectivity index is 0.00000126. The van der Waals surface area contributed by atoms with Gasteiger partial charge in [0, 0.05) is 24.4 Å². The molecule has 5 nitrogen and oxygen atoms in total. The molecule has 1 heterocycles. The zero-order chi connectivity index (χ0) is 20.0. The Morgan fingerprint density at radius 1 is 1.26 bits per heavy atom. The normalized spacial score (nSPS) is 24.9. The van der Waals surface area contributed by atoms with Crippen LogP contribution in [0, 0.1) is 12.3 Å². The van der Waals surface area contributed by atoms with E-state index in [9.17, 15) is 9.59 Å². The number of carbonyl (C=O) groups is 2. The first-order valence-electron chi connectivity index (χ1n) is 10.0. The predicted molar refractivity (Wildman–Crippen MR) is 106 cm³/mol. The van der Waals surface area contributed by atoms with E-state index >= 15 is 0 Å². The molecule has 0 spiro atoms. The summed E-state index contributed by atoms with van der Waals surface area (Å²) in [6.45, 7) is 8.81. The Bertz CT molecular complexity index is 654. The fourth-order valence-electron chi connectivity index (χ4n) is 4.03. The molecule has 150 valence electrons. The Morgan fingerprint density at radius 3 is 2.52 bits per heavy atom. The van der Waals surface area contributed by atoms with E-state index in [-0.39, 0.29) is 12.0 Å². The Labute approximate surface area is 163 Å². The van der Waals surface area contributed by atoms with Gasteiger partial charge >= 0.3 is 6.09 Å². The van der Waals surface area contributed by atoms with Gasteiger partial charge < -0.3 is 19.2 Å². The van der Waals surface area contributed by atoms with Gasteiger partial charge in [-0.25, -0.2) is 4.79 Å². The molecule has 0 bridgehead atoms. The van der Waals surface area contributed by atoms with Gasteiger partial charge in [0.1, 0.15) is 12.0 Å². The number of aldehydes is 1. The average Bonchev–Trinajstić information content (AvgIpc) is 3.33. The van der Waals surface area contributed by atoms with Gasteiger partial charge in [-0.15, -0.1) is 0 Å². The Hall–Kier alpha value is -2.04. The number of likely N-dealkylation sites (tertiary alicyclic amines) is 1. The molecule has 0 N–H and O–H groups in total. The highest BCUT2D eigenvalue weighted by atomic mass is 16.5. The minimum absolute atomic E-state index is 0.0596. The van der Waals surface area contributed by atoms with E-state index in [1.54, 1.807) is 4.90 Å². The second-order valence-electron chi connectivity index (χ2n) is 7.58. The summed E-state index contributed by atoms with van der Waals surface area (Å²) >= 11 is 0. The molecule has 0 radical (unpaired) electrons. The summed E-state index contributed by atoms with van der Waals surface area (Å²) in [5, 5.41) is 0. The van der Waals surface area contributed by atoms with Crippen molar-refractivity contribution in [3.63, 3.8) is 0 Å². The van der Waals surface area contributed by atoms with Gasteiger partial charge in [-0.1, -0.05) is 32.9 Å². The van der Waals surface area contributed by atoms with Crippen molar-refractivity contribution < 1.29 is 19.1 Å². The maximum absolute atomic E-state index is 11.9. The van der Waals surface area contributed by atoms with Gasteiger partial charge in [-0.2, -0.15) is 0 Å². The van der Waals surface area contributed by atoms with Crippen molar-refractivity contribution in [2.24, 2.45) is 5.41 Å². The third-order valence-corrected chi connectivity index (χ3v) is 5.64. The quantitative estimate of drug-likeness (QED) is 0.715. The first kappa shape index (κ1) is 21.3. The molecule has 2 fully saturated rings. The molecule has 3 rings (SSSR count). The summed E-state index contributed by atoms with van der Waals surface area (Å²) in [5.41, 5.74) is 1.53. The largest absolute Gasteiger partial charge is 0.490 e. The molecule has 1 unspecified atom stereocenters. The third kappa shape index (κ3) is 4.63. The van der Waals surface area contributed by atoms with E-state index in [0.717, 1.165) is 36.0 Å². The zero-order valence-corrected chi connectivity index (χ0v) is 17.3. The van der Waals surface area contributed by atoms with Crippen LogP contribution in [0.5, 0.6) is 5.75 Å². The van der Waals surface area contributed by atoms with Crippen molar-refractivity contribution in [1.29, 1.82) is 0 Å². The predicted octanol–water partition coefficient (Wildman–Crippen LogP) is 4.71. The molecule has 1 saturated carbocycles. The number of methoxy groups -OCH3 is 1. The average molecular weight is 376 g/mol. The van der Waals surface area contributed by atoms with Crippen molar-refractivity contribution in [2.75, 3.05) is 20.2 Å². The number of rotatable bonds is 4. The van der Waals surface area contributed by atoms with E-state index in [2.05, 4.69) is 6.07 Å². The van der Waals surface area contributed by atoms with Crippen molar-refractivity contribution >= 4 is 12.4 Å². The van der Waals surface area contributed by atoms with Crippen molar-refractivity contribution in [1.82, 2.24) is 4.90 Å². The Kier molecular flexibility index (Phi) is 7.28. The van der Waals surface area contributed by atoms with Crippen LogP contribution in [0.4, 0.5) is 4.79 Å². The van der Waals surface area contributed by atoms with Gasteiger partial charge in [0.15, 0.2) is 0 Å². The molecule has 1 aromatic carbocycles. The number of ether oxygens (including phenoxy) is 2. The highest BCUT2D eigenvalue weighted by Gasteiger charge is 2.46. The maximum Gasteiger partial charge on any atom is 0.409 e. The molecule has 5 heteroatoms. The van der Waals surface area contributed by atoms with Gasteiger partial charge in [0.2, 0.25) is 0 Å². The first-order valence-corrected chi connectivity index (χ1v) is 10.0. The molecule has 1 saturated heterocycles. The maximum atomic E-state index is 11.9. The summed E-state index contributed by atoms with van der Waals surface area (Å²) < 4.78 is 11.0. The minimum Gasteiger partial charge on any atom is -0.490 e. The molecular formula is C22H33NO4. The summed E-state index contributed by atoms with van der Waals surface area (Å²) in [6, 6.07) is 6.15. The molecule has 1 aliphatic carbocycles. The summed E-state index contributed by atoms with van der Waals surface area (Å²) in [6.07, 6.45) is 5.54. The lowest BCUT2D eigenvalue weighted by Gasteiger charge is -2.25. The second kappa shape index (κ2) is 9.25. The molecule has 2 aliphatic rings. The fourth-order valence-corrected chi connectivity index (χ4v) is 4.03. The van der Waals surface area contributed by atoms with Crippen molar-refractivity contribution in [3.05, 3.63) is 29.3 Å². The highest BCUT2D eigenvalue weighted by Crippen LogP contribution is 2.43. The molecule has 1 aliphatic heterocycles. The van der Waals surface area contributed by atoms with Gasteiger partial charge in [0.25, 0.3) is 0 Å². The monoisotopic (exact) mass is 375 g/mol. The summed E-state index contributed by atoms with van der Waals surface area (Å²) in [5.74, 6) is 0.838. The van der Waals surface area contributed by atoms with Crippen LogP contribution in [0.25, 0.3) is 0 Å². The summed E-state index contributed by atoms with van der Waals surface area (Å²) in [4.78, 5) is 25.3. The number of nitrogens with zero attached hydrogens (tertiary/aromatic N) is 1. The number of hydrogen-bond donors (Lipinski definition) is 0. The second-order valence-corrected chi connectivity index (χ2v) is 7.58. The van der Waals surface area contributed by atoms with E-state index in [0.29, 0.717) is 19.2 Å². The van der Waals surface area contributed by atoms with E-state index < -0.39 is 5.41 Å². The van der Waals surface area contributed by atoms with E-state index in [1.165, 1.54) is 20.0 Å². The van der Waals surface area contributed by atoms with E-state index in [1.807, 2.05) is 39.8 Å². The van der Waals surface area contributed by atoms with Crippen LogP contribution in [0.1, 0.15) is 63.5 Å². The molecule has 27 heavy (non-hydrogen) atoms. The molecule has 1 amide bonds. The molecule has 1 aromatic rings. The molecular weight excluding hydrogens is 342 g/mol. The number of amides is 1. The molecule has 0 aromatic heterocycles. The third-order valence-electron chi connectivity index (χ3n) is 5.64. The SMILES string of the molecule is CC.COC(=O)N1CC(c2ccc(C)c(OC3CCCC3)c2)[C@](C)(C=O)C1. The Morgan fingerprint density at radius 2 is 1.93 bits per heavy atom. The number of aryl methyl sites for hydroxylation is 1. The van der Waals surface area contributed by atoms with Gasteiger partial charge in [0.05, 0.1) is 13.2 Å². The first-order chi connectivity index (χ1) is 13.0.